The number of aliphatic carboxylic acids is 1. The van der Waals surface area contributed by atoms with Crippen molar-refractivity contribution in [2.75, 3.05) is 0 Å². The largest absolute Gasteiger partial charge is 0.482 e. The predicted octanol–water partition coefficient (Wildman–Crippen LogP) is 3.70. The number of carboxylic acids is 1. The van der Waals surface area contributed by atoms with Gasteiger partial charge < -0.3 is 9.84 Å². The summed E-state index contributed by atoms with van der Waals surface area (Å²) in [5.41, 5.74) is 0.647. The fourth-order valence-corrected chi connectivity index (χ4v) is 2.31. The molecule has 0 atom stereocenters. The Morgan fingerprint density at radius 1 is 1.30 bits per heavy atom. The molecule has 0 saturated heterocycles. The van der Waals surface area contributed by atoms with E-state index in [1.807, 2.05) is 0 Å². The van der Waals surface area contributed by atoms with Crippen LogP contribution in [0, 0.1) is 11.6 Å². The van der Waals surface area contributed by atoms with Crippen molar-refractivity contribution >= 4 is 23.4 Å². The SMILES string of the molecule is O=C(O)/C=C/c1ccsc1COc1c(F)cccc1F. The molecule has 0 spiro atoms. The van der Waals surface area contributed by atoms with Crippen molar-refractivity contribution in [2.45, 2.75) is 6.61 Å². The predicted molar refractivity (Wildman–Crippen MR) is 71.7 cm³/mol. The lowest BCUT2D eigenvalue weighted by Crippen LogP contribution is -1.99. The summed E-state index contributed by atoms with van der Waals surface area (Å²) in [7, 11) is 0. The van der Waals surface area contributed by atoms with Gasteiger partial charge in [-0.1, -0.05) is 6.07 Å². The highest BCUT2D eigenvalue weighted by atomic mass is 32.1. The number of thiophene rings is 1. The quantitative estimate of drug-likeness (QED) is 0.856. The van der Waals surface area contributed by atoms with E-state index in [1.54, 1.807) is 11.4 Å². The second kappa shape index (κ2) is 6.29. The van der Waals surface area contributed by atoms with Gasteiger partial charge in [0.2, 0.25) is 0 Å². The van der Waals surface area contributed by atoms with Crippen LogP contribution in [0.1, 0.15) is 10.4 Å². The van der Waals surface area contributed by atoms with Crippen LogP contribution in [0.25, 0.3) is 6.08 Å². The third kappa shape index (κ3) is 3.42. The minimum atomic E-state index is -1.07. The van der Waals surface area contributed by atoms with Crippen LogP contribution in [0.4, 0.5) is 8.78 Å². The summed E-state index contributed by atoms with van der Waals surface area (Å²) in [6.07, 6.45) is 2.41. The normalized spacial score (nSPS) is 10.9. The van der Waals surface area contributed by atoms with Gasteiger partial charge in [-0.3, -0.25) is 0 Å². The molecule has 20 heavy (non-hydrogen) atoms. The zero-order chi connectivity index (χ0) is 14.5. The number of benzene rings is 1. The van der Waals surface area contributed by atoms with Crippen LogP contribution in [-0.4, -0.2) is 11.1 Å². The lowest BCUT2D eigenvalue weighted by atomic mass is 10.2. The van der Waals surface area contributed by atoms with Gasteiger partial charge >= 0.3 is 5.97 Å². The van der Waals surface area contributed by atoms with Gasteiger partial charge in [0.25, 0.3) is 0 Å². The molecule has 1 heterocycles. The third-order valence-corrected chi connectivity index (χ3v) is 3.36. The van der Waals surface area contributed by atoms with Crippen molar-refractivity contribution in [3.63, 3.8) is 0 Å². The molecule has 0 fully saturated rings. The lowest BCUT2D eigenvalue weighted by Gasteiger charge is -2.07. The van der Waals surface area contributed by atoms with Gasteiger partial charge in [-0.2, -0.15) is 0 Å². The smallest absolute Gasteiger partial charge is 0.328 e. The molecule has 0 saturated carbocycles. The average molecular weight is 296 g/mol. The molecule has 0 aliphatic rings. The highest BCUT2D eigenvalue weighted by Gasteiger charge is 2.11. The van der Waals surface area contributed by atoms with E-state index in [9.17, 15) is 13.6 Å². The van der Waals surface area contributed by atoms with E-state index >= 15 is 0 Å². The molecule has 1 N–H and O–H groups in total. The molecule has 0 radical (unpaired) electrons. The van der Waals surface area contributed by atoms with Crippen molar-refractivity contribution in [3.05, 3.63) is 57.8 Å². The van der Waals surface area contributed by atoms with Crippen LogP contribution in [0.3, 0.4) is 0 Å². The first-order valence-electron chi connectivity index (χ1n) is 5.62. The topological polar surface area (TPSA) is 46.5 Å². The van der Waals surface area contributed by atoms with E-state index in [-0.39, 0.29) is 6.61 Å². The molecular weight excluding hydrogens is 286 g/mol. The number of hydrogen-bond acceptors (Lipinski definition) is 3. The van der Waals surface area contributed by atoms with E-state index in [0.717, 1.165) is 18.2 Å². The molecule has 2 aromatic rings. The number of ether oxygens (including phenoxy) is 1. The van der Waals surface area contributed by atoms with Crippen LogP contribution < -0.4 is 4.74 Å². The molecular formula is C14H10F2O3S. The summed E-state index contributed by atoms with van der Waals surface area (Å²) in [5, 5.41) is 10.3. The minimum Gasteiger partial charge on any atom is -0.482 e. The minimum absolute atomic E-state index is 0.0329. The highest BCUT2D eigenvalue weighted by Crippen LogP contribution is 2.25. The molecule has 0 aliphatic heterocycles. The maximum atomic E-state index is 13.4. The van der Waals surface area contributed by atoms with Gasteiger partial charge in [0.1, 0.15) is 6.61 Å². The first-order chi connectivity index (χ1) is 9.58. The summed E-state index contributed by atoms with van der Waals surface area (Å²) >= 11 is 1.32. The molecule has 104 valence electrons. The molecule has 2 rings (SSSR count). The Kier molecular flexibility index (Phi) is 4.47. The summed E-state index contributed by atoms with van der Waals surface area (Å²) < 4.78 is 31.9. The Morgan fingerprint density at radius 2 is 2.00 bits per heavy atom. The zero-order valence-corrected chi connectivity index (χ0v) is 11.0. The van der Waals surface area contributed by atoms with Crippen molar-refractivity contribution in [2.24, 2.45) is 0 Å². The molecule has 1 aromatic carbocycles. The number of halogens is 2. The summed E-state index contributed by atoms with van der Waals surface area (Å²) in [6, 6.07) is 5.18. The maximum absolute atomic E-state index is 13.4. The van der Waals surface area contributed by atoms with Crippen molar-refractivity contribution in [3.8, 4) is 5.75 Å². The zero-order valence-electron chi connectivity index (χ0n) is 10.2. The Bertz CT molecular complexity index is 629. The first kappa shape index (κ1) is 14.2. The Hall–Kier alpha value is -2.21. The number of para-hydroxylation sites is 1. The van der Waals surface area contributed by atoms with Gasteiger partial charge in [0.15, 0.2) is 17.4 Å². The number of hydrogen-bond donors (Lipinski definition) is 1. The maximum Gasteiger partial charge on any atom is 0.328 e. The second-order valence-electron chi connectivity index (χ2n) is 3.81. The van der Waals surface area contributed by atoms with Crippen LogP contribution in [-0.2, 0) is 11.4 Å². The van der Waals surface area contributed by atoms with Crippen molar-refractivity contribution in [1.29, 1.82) is 0 Å². The third-order valence-electron chi connectivity index (χ3n) is 2.45. The van der Waals surface area contributed by atoms with E-state index in [0.29, 0.717) is 10.4 Å². The van der Waals surface area contributed by atoms with Gasteiger partial charge in [-0.25, -0.2) is 13.6 Å². The van der Waals surface area contributed by atoms with E-state index in [2.05, 4.69) is 0 Å². The molecule has 1 aromatic heterocycles. The fraction of sp³-hybridized carbons (Fsp3) is 0.0714. The van der Waals surface area contributed by atoms with Crippen LogP contribution in [0.5, 0.6) is 5.75 Å². The summed E-state index contributed by atoms with van der Waals surface area (Å²) in [4.78, 5) is 11.1. The Morgan fingerprint density at radius 3 is 2.65 bits per heavy atom. The van der Waals surface area contributed by atoms with E-state index < -0.39 is 23.4 Å². The van der Waals surface area contributed by atoms with Gasteiger partial charge in [-0.05, 0) is 35.2 Å². The molecule has 0 aliphatic carbocycles. The average Bonchev–Trinajstić information content (AvgIpc) is 2.83. The number of carbonyl (C=O) groups is 1. The summed E-state index contributed by atoms with van der Waals surface area (Å²) in [6.45, 7) is -0.0329. The molecule has 0 amide bonds. The number of carboxylic acid groups (broad SMARTS) is 1. The van der Waals surface area contributed by atoms with Gasteiger partial charge in [0.05, 0.1) is 0 Å². The molecule has 6 heteroatoms. The standard InChI is InChI=1S/C14H10F2O3S/c15-10-2-1-3-11(16)14(10)19-8-12-9(6-7-20-12)4-5-13(17)18/h1-7H,8H2,(H,17,18)/b5-4+. The van der Waals surface area contributed by atoms with Gasteiger partial charge in [0, 0.05) is 11.0 Å². The Labute approximate surface area is 117 Å². The summed E-state index contributed by atoms with van der Waals surface area (Å²) in [5.74, 6) is -3.05. The van der Waals surface area contributed by atoms with Crippen molar-refractivity contribution < 1.29 is 23.4 Å². The second-order valence-corrected chi connectivity index (χ2v) is 4.81. The van der Waals surface area contributed by atoms with E-state index in [4.69, 9.17) is 9.84 Å². The van der Waals surface area contributed by atoms with Gasteiger partial charge in [-0.15, -0.1) is 11.3 Å². The number of rotatable bonds is 5. The van der Waals surface area contributed by atoms with Crippen molar-refractivity contribution in [1.82, 2.24) is 0 Å². The molecule has 0 unspecified atom stereocenters. The highest BCUT2D eigenvalue weighted by molar-refractivity contribution is 7.10. The first-order valence-corrected chi connectivity index (χ1v) is 6.50. The fourth-order valence-electron chi connectivity index (χ4n) is 1.54. The Balaban J connectivity index is 2.12. The van der Waals surface area contributed by atoms with E-state index in [1.165, 1.54) is 23.5 Å². The van der Waals surface area contributed by atoms with Crippen LogP contribution in [0.15, 0.2) is 35.7 Å². The monoisotopic (exact) mass is 296 g/mol. The molecule has 0 bridgehead atoms. The van der Waals surface area contributed by atoms with Crippen LogP contribution in [0.2, 0.25) is 0 Å². The van der Waals surface area contributed by atoms with Crippen LogP contribution >= 0.6 is 11.3 Å². The lowest BCUT2D eigenvalue weighted by molar-refractivity contribution is -0.131. The molecule has 3 nitrogen and oxygen atoms in total.